The summed E-state index contributed by atoms with van der Waals surface area (Å²) in [6.45, 7) is 0. The van der Waals surface area contributed by atoms with Crippen molar-refractivity contribution in [3.05, 3.63) is 237 Å². The minimum Gasteiger partial charge on any atom is -0.307 e. The molecule has 324 valence electrons. The van der Waals surface area contributed by atoms with E-state index in [2.05, 4.69) is 228 Å². The summed E-state index contributed by atoms with van der Waals surface area (Å²) >= 11 is 0. The maximum atomic E-state index is 5.44. The summed E-state index contributed by atoms with van der Waals surface area (Å²) < 4.78 is 4.70. The molecule has 0 aliphatic carbocycles. The van der Waals surface area contributed by atoms with Gasteiger partial charge >= 0.3 is 0 Å². The van der Waals surface area contributed by atoms with Crippen LogP contribution in [0.4, 0.5) is 0 Å². The number of hydrogen-bond donors (Lipinski definition) is 0. The topological polar surface area (TPSA) is 48.5 Å². The van der Waals surface area contributed by atoms with Gasteiger partial charge in [0.1, 0.15) is 0 Å². The van der Waals surface area contributed by atoms with Crippen LogP contribution in [0.2, 0.25) is 0 Å². The molecule has 0 unspecified atom stereocenters. The Balaban J connectivity index is 0.957. The van der Waals surface area contributed by atoms with Crippen LogP contribution in [0.3, 0.4) is 0 Å². The summed E-state index contributed by atoms with van der Waals surface area (Å²) in [7, 11) is 0. The average Bonchev–Trinajstić information content (AvgIpc) is 3.96. The van der Waals surface area contributed by atoms with E-state index in [9.17, 15) is 0 Å². The van der Waals surface area contributed by atoms with Gasteiger partial charge < -0.3 is 4.57 Å². The molecule has 3 heterocycles. The van der Waals surface area contributed by atoms with Crippen LogP contribution >= 0.6 is 0 Å². The molecule has 0 atom stereocenters. The summed E-state index contributed by atoms with van der Waals surface area (Å²) in [4.78, 5) is 16.0. The monoisotopic (exact) mass is 889 g/mol. The standard InChI is InChI=1S/C65H39N5/c1-2-15-42(16-3-1)63-66-64(45-31-34-48-44(38-45)27-26-41-14-4-5-17-47(41)48)68-65(67-63)70-60-25-13-11-23-55(60)57-37-36-56-54-22-10-12-24-59(54)69(61(56)62(57)70)46-32-28-40(29-33-46)43-30-35-53-51-20-7-6-18-49(51)50-19-8-9-21-52(50)58(53)39-43/h1-39H. The van der Waals surface area contributed by atoms with Gasteiger partial charge in [-0.3, -0.25) is 4.57 Å². The Morgan fingerprint density at radius 2 is 0.700 bits per heavy atom. The van der Waals surface area contributed by atoms with E-state index < -0.39 is 0 Å². The fourth-order valence-corrected chi connectivity index (χ4v) is 11.3. The first kappa shape index (κ1) is 38.6. The number of fused-ring (bicyclic) bond motifs is 16. The Morgan fingerprint density at radius 1 is 0.243 bits per heavy atom. The molecule has 0 spiro atoms. The molecule has 0 aliphatic rings. The molecule has 15 rings (SSSR count). The van der Waals surface area contributed by atoms with Crippen LogP contribution in [0, 0.1) is 0 Å². The Kier molecular flexibility index (Phi) is 8.29. The van der Waals surface area contributed by atoms with Gasteiger partial charge in [-0.15, -0.1) is 0 Å². The predicted octanol–water partition coefficient (Wildman–Crippen LogP) is 16.8. The van der Waals surface area contributed by atoms with Crippen LogP contribution in [0.15, 0.2) is 237 Å². The van der Waals surface area contributed by atoms with Crippen LogP contribution in [-0.4, -0.2) is 24.1 Å². The number of para-hydroxylation sites is 2. The van der Waals surface area contributed by atoms with E-state index in [-0.39, 0.29) is 0 Å². The zero-order valence-corrected chi connectivity index (χ0v) is 37.8. The highest BCUT2D eigenvalue weighted by molar-refractivity contribution is 6.26. The number of hydrogen-bond acceptors (Lipinski definition) is 3. The molecule has 0 N–H and O–H groups in total. The molecule has 0 aliphatic heterocycles. The molecule has 5 nitrogen and oxygen atoms in total. The van der Waals surface area contributed by atoms with E-state index in [0.717, 1.165) is 66.0 Å². The van der Waals surface area contributed by atoms with E-state index in [4.69, 9.17) is 15.0 Å². The largest absolute Gasteiger partial charge is 0.307 e. The fourth-order valence-electron chi connectivity index (χ4n) is 11.3. The van der Waals surface area contributed by atoms with Gasteiger partial charge in [0.2, 0.25) is 5.95 Å². The molecule has 0 saturated carbocycles. The summed E-state index contributed by atoms with van der Waals surface area (Å²) in [5, 5.41) is 17.0. The fraction of sp³-hybridized carbons (Fsp3) is 0. The molecule has 0 fully saturated rings. The number of rotatable bonds is 5. The third-order valence-corrected chi connectivity index (χ3v) is 14.5. The molecule has 5 heteroatoms. The number of benzene rings is 12. The van der Waals surface area contributed by atoms with Gasteiger partial charge in [-0.1, -0.05) is 200 Å². The highest BCUT2D eigenvalue weighted by Crippen LogP contribution is 2.43. The van der Waals surface area contributed by atoms with Crippen LogP contribution in [-0.2, 0) is 0 Å². The van der Waals surface area contributed by atoms with Crippen molar-refractivity contribution in [2.24, 2.45) is 0 Å². The van der Waals surface area contributed by atoms with Crippen molar-refractivity contribution in [2.45, 2.75) is 0 Å². The van der Waals surface area contributed by atoms with Gasteiger partial charge in [-0.05, 0) is 101 Å². The third-order valence-electron chi connectivity index (χ3n) is 14.5. The Bertz CT molecular complexity index is 4610. The molecular formula is C65H39N5. The van der Waals surface area contributed by atoms with Crippen LogP contribution < -0.4 is 0 Å². The zero-order valence-electron chi connectivity index (χ0n) is 37.8. The van der Waals surface area contributed by atoms with E-state index in [0.29, 0.717) is 17.6 Å². The molecule has 3 aromatic heterocycles. The minimum atomic E-state index is 0.560. The van der Waals surface area contributed by atoms with Crippen molar-refractivity contribution in [1.29, 1.82) is 0 Å². The normalized spacial score (nSPS) is 12.0. The van der Waals surface area contributed by atoms with Crippen molar-refractivity contribution in [3.8, 4) is 45.5 Å². The SMILES string of the molecule is c1ccc(-c2nc(-c3ccc4c(ccc5ccccc54)c3)nc(-n3c4ccccc4c4ccc5c6ccccc6n(-c6ccc(-c7ccc8c9ccccc9c9ccccc9c8c7)cc6)c5c43)n2)cc1. The van der Waals surface area contributed by atoms with Gasteiger partial charge in [0.05, 0.1) is 22.1 Å². The molecular weight excluding hydrogens is 851 g/mol. The third kappa shape index (κ3) is 5.76. The summed E-state index contributed by atoms with van der Waals surface area (Å²) in [5.74, 6) is 1.79. The number of aromatic nitrogens is 5. The predicted molar refractivity (Wildman–Crippen MR) is 292 cm³/mol. The van der Waals surface area contributed by atoms with Crippen molar-refractivity contribution in [3.63, 3.8) is 0 Å². The van der Waals surface area contributed by atoms with Gasteiger partial charge in [0, 0.05) is 38.4 Å². The van der Waals surface area contributed by atoms with E-state index in [1.807, 2.05) is 18.2 Å². The van der Waals surface area contributed by atoms with Gasteiger partial charge in [0.15, 0.2) is 11.6 Å². The molecule has 12 aromatic carbocycles. The lowest BCUT2D eigenvalue weighted by molar-refractivity contribution is 0.953. The van der Waals surface area contributed by atoms with Crippen molar-refractivity contribution in [2.75, 3.05) is 0 Å². The first-order chi connectivity index (χ1) is 34.7. The smallest absolute Gasteiger partial charge is 0.238 e. The highest BCUT2D eigenvalue weighted by atomic mass is 15.2. The second kappa shape index (κ2) is 15.0. The zero-order chi connectivity index (χ0) is 45.9. The Morgan fingerprint density at radius 3 is 1.39 bits per heavy atom. The molecule has 0 radical (unpaired) electrons. The molecule has 70 heavy (non-hydrogen) atoms. The Hall–Kier alpha value is -9.45. The van der Waals surface area contributed by atoms with Gasteiger partial charge in [-0.2, -0.15) is 9.97 Å². The van der Waals surface area contributed by atoms with Gasteiger partial charge in [-0.25, -0.2) is 4.98 Å². The van der Waals surface area contributed by atoms with E-state index in [1.165, 1.54) is 59.4 Å². The summed E-state index contributed by atoms with van der Waals surface area (Å²) in [6.07, 6.45) is 0. The van der Waals surface area contributed by atoms with Crippen molar-refractivity contribution < 1.29 is 0 Å². The molecule has 0 amide bonds. The van der Waals surface area contributed by atoms with Crippen LogP contribution in [0.25, 0.3) is 143 Å². The highest BCUT2D eigenvalue weighted by Gasteiger charge is 2.24. The van der Waals surface area contributed by atoms with Gasteiger partial charge in [0.25, 0.3) is 0 Å². The Labute approximate surface area is 401 Å². The lowest BCUT2D eigenvalue weighted by Crippen LogP contribution is -2.07. The molecule has 0 saturated heterocycles. The second-order valence-corrected chi connectivity index (χ2v) is 18.3. The molecule has 15 aromatic rings. The first-order valence-corrected chi connectivity index (χ1v) is 23.8. The molecule has 0 bridgehead atoms. The maximum absolute atomic E-state index is 5.44. The van der Waals surface area contributed by atoms with Crippen LogP contribution in [0.5, 0.6) is 0 Å². The number of nitrogens with zero attached hydrogens (tertiary/aromatic N) is 5. The first-order valence-electron chi connectivity index (χ1n) is 23.8. The van der Waals surface area contributed by atoms with Crippen molar-refractivity contribution >= 4 is 97.5 Å². The summed E-state index contributed by atoms with van der Waals surface area (Å²) in [5.41, 5.74) is 9.55. The summed E-state index contributed by atoms with van der Waals surface area (Å²) in [6, 6.07) is 85.3. The lowest BCUT2D eigenvalue weighted by Gasteiger charge is -2.14. The average molecular weight is 890 g/mol. The lowest BCUT2D eigenvalue weighted by atomic mass is 9.92. The second-order valence-electron chi connectivity index (χ2n) is 18.3. The van der Waals surface area contributed by atoms with E-state index in [1.54, 1.807) is 0 Å². The van der Waals surface area contributed by atoms with Crippen LogP contribution in [0.1, 0.15) is 0 Å². The quantitative estimate of drug-likeness (QED) is 0.162. The van der Waals surface area contributed by atoms with E-state index >= 15 is 0 Å². The maximum Gasteiger partial charge on any atom is 0.238 e. The van der Waals surface area contributed by atoms with Crippen molar-refractivity contribution in [1.82, 2.24) is 24.1 Å². The minimum absolute atomic E-state index is 0.560.